The molecule has 0 saturated heterocycles. The van der Waals surface area contributed by atoms with E-state index in [1.54, 1.807) is 0 Å². The Morgan fingerprint density at radius 3 is 2.80 bits per heavy atom. The SMILES string of the molecule is CN(C1CCCC1CN)S(=O)(=O)c1cc(F)ccc1Cl. The molecule has 0 aliphatic heterocycles. The van der Waals surface area contributed by atoms with Crippen LogP contribution in [-0.4, -0.2) is 32.4 Å². The van der Waals surface area contributed by atoms with Crippen LogP contribution >= 0.6 is 11.6 Å². The van der Waals surface area contributed by atoms with E-state index in [2.05, 4.69) is 0 Å². The summed E-state index contributed by atoms with van der Waals surface area (Å²) in [5.74, 6) is -0.481. The van der Waals surface area contributed by atoms with Crippen LogP contribution in [0.2, 0.25) is 5.02 Å². The van der Waals surface area contributed by atoms with Crippen LogP contribution in [0.15, 0.2) is 23.1 Å². The molecule has 2 atom stereocenters. The maximum Gasteiger partial charge on any atom is 0.244 e. The summed E-state index contributed by atoms with van der Waals surface area (Å²) in [4.78, 5) is -0.190. The first kappa shape index (κ1) is 15.7. The van der Waals surface area contributed by atoms with Gasteiger partial charge in [0, 0.05) is 13.1 Å². The van der Waals surface area contributed by atoms with Crippen molar-refractivity contribution < 1.29 is 12.8 Å². The summed E-state index contributed by atoms with van der Waals surface area (Å²) in [5.41, 5.74) is 5.69. The van der Waals surface area contributed by atoms with Gasteiger partial charge in [-0.2, -0.15) is 4.31 Å². The average molecular weight is 321 g/mol. The number of nitrogens with zero attached hydrogens (tertiary/aromatic N) is 1. The lowest BCUT2D eigenvalue weighted by Gasteiger charge is -2.28. The summed E-state index contributed by atoms with van der Waals surface area (Å²) in [6, 6.07) is 3.21. The van der Waals surface area contributed by atoms with Crippen LogP contribution < -0.4 is 5.73 Å². The first-order chi connectivity index (χ1) is 9.37. The molecule has 2 N–H and O–H groups in total. The summed E-state index contributed by atoms with van der Waals surface area (Å²) in [6.45, 7) is 0.446. The molecule has 7 heteroatoms. The van der Waals surface area contributed by atoms with Crippen molar-refractivity contribution in [2.24, 2.45) is 11.7 Å². The Morgan fingerprint density at radius 1 is 1.45 bits per heavy atom. The molecule has 2 rings (SSSR count). The molecule has 4 nitrogen and oxygen atoms in total. The van der Waals surface area contributed by atoms with Crippen molar-refractivity contribution in [3.8, 4) is 0 Å². The van der Waals surface area contributed by atoms with Crippen LogP contribution in [0, 0.1) is 11.7 Å². The topological polar surface area (TPSA) is 63.4 Å². The van der Waals surface area contributed by atoms with Gasteiger partial charge in [-0.05, 0) is 43.5 Å². The average Bonchev–Trinajstić information content (AvgIpc) is 2.88. The zero-order valence-electron chi connectivity index (χ0n) is 11.2. The monoisotopic (exact) mass is 320 g/mol. The quantitative estimate of drug-likeness (QED) is 0.925. The van der Waals surface area contributed by atoms with Gasteiger partial charge in [-0.3, -0.25) is 0 Å². The highest BCUT2D eigenvalue weighted by atomic mass is 35.5. The lowest BCUT2D eigenvalue weighted by atomic mass is 10.0. The van der Waals surface area contributed by atoms with Gasteiger partial charge >= 0.3 is 0 Å². The minimum Gasteiger partial charge on any atom is -0.330 e. The third-order valence-electron chi connectivity index (χ3n) is 3.94. The molecule has 112 valence electrons. The fourth-order valence-corrected chi connectivity index (χ4v) is 4.71. The molecule has 1 aromatic rings. The second kappa shape index (κ2) is 5.97. The summed E-state index contributed by atoms with van der Waals surface area (Å²) in [5, 5.41) is 0.0283. The van der Waals surface area contributed by atoms with Crippen LogP contribution in [0.4, 0.5) is 4.39 Å². The van der Waals surface area contributed by atoms with Gasteiger partial charge < -0.3 is 5.73 Å². The number of hydrogen-bond donors (Lipinski definition) is 1. The number of benzene rings is 1. The fraction of sp³-hybridized carbons (Fsp3) is 0.538. The number of halogens is 2. The molecule has 0 heterocycles. The Morgan fingerprint density at radius 2 is 2.15 bits per heavy atom. The lowest BCUT2D eigenvalue weighted by molar-refractivity contribution is 0.304. The third kappa shape index (κ3) is 2.83. The van der Waals surface area contributed by atoms with Crippen LogP contribution in [0.5, 0.6) is 0 Å². The van der Waals surface area contributed by atoms with Gasteiger partial charge in [0.2, 0.25) is 10.0 Å². The van der Waals surface area contributed by atoms with E-state index in [-0.39, 0.29) is 21.9 Å². The molecule has 0 bridgehead atoms. The molecule has 1 fully saturated rings. The van der Waals surface area contributed by atoms with Crippen molar-refractivity contribution in [2.45, 2.75) is 30.2 Å². The van der Waals surface area contributed by atoms with E-state index in [4.69, 9.17) is 17.3 Å². The second-order valence-electron chi connectivity index (χ2n) is 5.09. The Labute approximate surface area is 123 Å². The maximum absolute atomic E-state index is 13.3. The van der Waals surface area contributed by atoms with Gasteiger partial charge in [0.1, 0.15) is 10.7 Å². The minimum atomic E-state index is -3.81. The maximum atomic E-state index is 13.3. The molecular weight excluding hydrogens is 303 g/mol. The molecule has 1 saturated carbocycles. The normalized spacial score (nSPS) is 23.4. The Hall–Kier alpha value is -0.690. The highest BCUT2D eigenvalue weighted by Gasteiger charge is 2.36. The van der Waals surface area contributed by atoms with E-state index in [0.29, 0.717) is 6.54 Å². The molecule has 0 spiro atoms. The van der Waals surface area contributed by atoms with Crippen molar-refractivity contribution in [1.29, 1.82) is 0 Å². The number of nitrogens with two attached hydrogens (primary N) is 1. The second-order valence-corrected chi connectivity index (χ2v) is 7.46. The van der Waals surface area contributed by atoms with E-state index in [0.717, 1.165) is 31.4 Å². The molecule has 0 aromatic heterocycles. The van der Waals surface area contributed by atoms with E-state index in [1.807, 2.05) is 0 Å². The van der Waals surface area contributed by atoms with Gasteiger partial charge in [0.05, 0.1) is 5.02 Å². The lowest BCUT2D eigenvalue weighted by Crippen LogP contribution is -2.41. The van der Waals surface area contributed by atoms with E-state index < -0.39 is 15.8 Å². The van der Waals surface area contributed by atoms with Crippen molar-refractivity contribution in [3.05, 3.63) is 29.0 Å². The molecule has 1 aliphatic rings. The zero-order valence-corrected chi connectivity index (χ0v) is 12.8. The predicted molar refractivity (Wildman–Crippen MR) is 76.5 cm³/mol. The van der Waals surface area contributed by atoms with Crippen molar-refractivity contribution in [1.82, 2.24) is 4.31 Å². The fourth-order valence-electron chi connectivity index (χ4n) is 2.78. The van der Waals surface area contributed by atoms with Gasteiger partial charge in [-0.25, -0.2) is 12.8 Å². The third-order valence-corrected chi connectivity index (χ3v) is 6.30. The summed E-state index contributed by atoms with van der Waals surface area (Å²) < 4.78 is 39.8. The van der Waals surface area contributed by atoms with Gasteiger partial charge in [-0.15, -0.1) is 0 Å². The van der Waals surface area contributed by atoms with E-state index in [9.17, 15) is 12.8 Å². The summed E-state index contributed by atoms with van der Waals surface area (Å²) >= 11 is 5.90. The minimum absolute atomic E-state index is 0.0283. The number of rotatable bonds is 4. The Kier molecular flexibility index (Phi) is 4.69. The van der Waals surface area contributed by atoms with E-state index in [1.165, 1.54) is 17.4 Å². The van der Waals surface area contributed by atoms with E-state index >= 15 is 0 Å². The standard InChI is InChI=1S/C13H18ClFN2O2S/c1-17(12-4-2-3-9(12)8-16)20(18,19)13-7-10(15)5-6-11(13)14/h5-7,9,12H,2-4,8,16H2,1H3. The Balaban J connectivity index is 2.37. The molecule has 2 unspecified atom stereocenters. The van der Waals surface area contributed by atoms with Crippen LogP contribution in [0.1, 0.15) is 19.3 Å². The molecule has 20 heavy (non-hydrogen) atoms. The van der Waals surface area contributed by atoms with Gasteiger partial charge in [0.15, 0.2) is 0 Å². The molecular formula is C13H18ClFN2O2S. The largest absolute Gasteiger partial charge is 0.330 e. The highest BCUT2D eigenvalue weighted by Crippen LogP contribution is 2.33. The van der Waals surface area contributed by atoms with Crippen molar-refractivity contribution >= 4 is 21.6 Å². The smallest absolute Gasteiger partial charge is 0.244 e. The van der Waals surface area contributed by atoms with Gasteiger partial charge in [-0.1, -0.05) is 18.0 Å². The van der Waals surface area contributed by atoms with Crippen LogP contribution in [0.3, 0.4) is 0 Å². The molecule has 0 radical (unpaired) electrons. The molecule has 1 aromatic carbocycles. The number of hydrogen-bond acceptors (Lipinski definition) is 3. The zero-order chi connectivity index (χ0) is 14.9. The molecule has 1 aliphatic carbocycles. The summed E-state index contributed by atoms with van der Waals surface area (Å²) in [6.07, 6.45) is 2.63. The first-order valence-electron chi connectivity index (χ1n) is 6.51. The summed E-state index contributed by atoms with van der Waals surface area (Å²) in [7, 11) is -2.30. The first-order valence-corrected chi connectivity index (χ1v) is 8.33. The van der Waals surface area contributed by atoms with Crippen molar-refractivity contribution in [2.75, 3.05) is 13.6 Å². The molecule has 0 amide bonds. The predicted octanol–water partition coefficient (Wildman–Crippen LogP) is 2.23. The van der Waals surface area contributed by atoms with Crippen LogP contribution in [-0.2, 0) is 10.0 Å². The van der Waals surface area contributed by atoms with Crippen molar-refractivity contribution in [3.63, 3.8) is 0 Å². The van der Waals surface area contributed by atoms with Crippen LogP contribution in [0.25, 0.3) is 0 Å². The Bertz CT molecular complexity index is 594. The highest BCUT2D eigenvalue weighted by molar-refractivity contribution is 7.89. The van der Waals surface area contributed by atoms with Gasteiger partial charge in [0.25, 0.3) is 0 Å². The number of sulfonamides is 1.